The summed E-state index contributed by atoms with van der Waals surface area (Å²) < 4.78 is 5.64. The fraction of sp³-hybridized carbons (Fsp3) is 0.333. The predicted molar refractivity (Wildman–Crippen MR) is 96.0 cm³/mol. The van der Waals surface area contributed by atoms with E-state index in [9.17, 15) is 4.79 Å². The third-order valence-electron chi connectivity index (χ3n) is 4.76. The van der Waals surface area contributed by atoms with E-state index in [2.05, 4.69) is 15.2 Å². The van der Waals surface area contributed by atoms with Crippen LogP contribution in [0.3, 0.4) is 0 Å². The molecule has 6 nitrogen and oxygen atoms in total. The first-order chi connectivity index (χ1) is 12.1. The zero-order valence-electron chi connectivity index (χ0n) is 14.1. The van der Waals surface area contributed by atoms with Gasteiger partial charge in [-0.15, -0.1) is 0 Å². The van der Waals surface area contributed by atoms with Gasteiger partial charge in [0.25, 0.3) is 5.91 Å². The van der Waals surface area contributed by atoms with E-state index in [0.717, 1.165) is 27.9 Å². The summed E-state index contributed by atoms with van der Waals surface area (Å²) in [5.41, 5.74) is 4.13. The molecule has 2 N–H and O–H groups in total. The third kappa shape index (κ3) is 2.62. The zero-order chi connectivity index (χ0) is 17.6. The standard InChI is InChI=1S/C18H19ClN4O2/c1-10-15(11(2)22-21-10)14-9-25-8-7-23(14)18(24)17-16(19)12-5-3-4-6-13(12)20-17/h3-6,14,20H,7-9H2,1-2H3,(H,21,22). The molecule has 0 radical (unpaired) electrons. The highest BCUT2D eigenvalue weighted by molar-refractivity contribution is 6.38. The maximum atomic E-state index is 13.2. The van der Waals surface area contributed by atoms with Gasteiger partial charge in [-0.3, -0.25) is 9.89 Å². The second-order valence-corrected chi connectivity index (χ2v) is 6.67. The topological polar surface area (TPSA) is 74.0 Å². The van der Waals surface area contributed by atoms with Crippen LogP contribution in [0.4, 0.5) is 0 Å². The molecule has 0 aliphatic carbocycles. The van der Waals surface area contributed by atoms with Crippen molar-refractivity contribution in [2.24, 2.45) is 0 Å². The number of carbonyl (C=O) groups is 1. The van der Waals surface area contributed by atoms with Crippen molar-refractivity contribution >= 4 is 28.4 Å². The number of ether oxygens (including phenoxy) is 1. The van der Waals surface area contributed by atoms with Gasteiger partial charge in [0.15, 0.2) is 0 Å². The Morgan fingerprint density at radius 3 is 2.88 bits per heavy atom. The van der Waals surface area contributed by atoms with Crippen LogP contribution in [0.15, 0.2) is 24.3 Å². The molecule has 1 saturated heterocycles. The molecule has 0 saturated carbocycles. The molecule has 1 fully saturated rings. The van der Waals surface area contributed by atoms with E-state index in [0.29, 0.717) is 30.5 Å². The molecule has 3 heterocycles. The quantitative estimate of drug-likeness (QED) is 0.737. The van der Waals surface area contributed by atoms with Gasteiger partial charge in [0.05, 0.1) is 30.0 Å². The lowest BCUT2D eigenvalue weighted by atomic mass is 10.0. The van der Waals surface area contributed by atoms with Gasteiger partial charge in [-0.2, -0.15) is 5.10 Å². The predicted octanol–water partition coefficient (Wildman–Crippen LogP) is 3.37. The average Bonchev–Trinajstić information content (AvgIpc) is 3.14. The molecule has 4 rings (SSSR count). The zero-order valence-corrected chi connectivity index (χ0v) is 14.9. The van der Waals surface area contributed by atoms with Crippen LogP contribution in [0.1, 0.15) is 33.5 Å². The fourth-order valence-corrected chi connectivity index (χ4v) is 3.83. The van der Waals surface area contributed by atoms with Crippen molar-refractivity contribution in [3.05, 3.63) is 51.9 Å². The van der Waals surface area contributed by atoms with E-state index in [4.69, 9.17) is 16.3 Å². The lowest BCUT2D eigenvalue weighted by Crippen LogP contribution is -2.44. The van der Waals surface area contributed by atoms with Crippen LogP contribution in [0, 0.1) is 13.8 Å². The number of carbonyl (C=O) groups excluding carboxylic acids is 1. The van der Waals surface area contributed by atoms with Crippen LogP contribution in [0.5, 0.6) is 0 Å². The Morgan fingerprint density at radius 1 is 1.36 bits per heavy atom. The van der Waals surface area contributed by atoms with Crippen molar-refractivity contribution in [1.29, 1.82) is 0 Å². The molecule has 1 aromatic carbocycles. The molecule has 2 aromatic heterocycles. The molecular formula is C18H19ClN4O2. The highest BCUT2D eigenvalue weighted by Crippen LogP contribution is 2.33. The summed E-state index contributed by atoms with van der Waals surface area (Å²) >= 11 is 6.48. The maximum Gasteiger partial charge on any atom is 0.272 e. The van der Waals surface area contributed by atoms with Gasteiger partial charge in [0.2, 0.25) is 0 Å². The first-order valence-corrected chi connectivity index (χ1v) is 8.62. The molecule has 1 aliphatic rings. The Morgan fingerprint density at radius 2 is 2.16 bits per heavy atom. The number of morpholine rings is 1. The smallest absolute Gasteiger partial charge is 0.272 e. The number of aryl methyl sites for hydroxylation is 2. The van der Waals surface area contributed by atoms with Gasteiger partial charge in [0.1, 0.15) is 5.69 Å². The molecule has 1 aliphatic heterocycles. The summed E-state index contributed by atoms with van der Waals surface area (Å²) in [5.74, 6) is -0.116. The van der Waals surface area contributed by atoms with Crippen LogP contribution in [-0.4, -0.2) is 45.7 Å². The Bertz CT molecular complexity index is 926. The van der Waals surface area contributed by atoms with Crippen LogP contribution in [-0.2, 0) is 4.74 Å². The molecule has 1 unspecified atom stereocenters. The Kier molecular flexibility index (Phi) is 4.01. The number of rotatable bonds is 2. The van der Waals surface area contributed by atoms with Crippen molar-refractivity contribution in [3.63, 3.8) is 0 Å². The van der Waals surface area contributed by atoms with Crippen LogP contribution >= 0.6 is 11.6 Å². The van der Waals surface area contributed by atoms with Crippen molar-refractivity contribution in [3.8, 4) is 0 Å². The lowest BCUT2D eigenvalue weighted by molar-refractivity contribution is -0.00326. The molecular weight excluding hydrogens is 340 g/mol. The minimum Gasteiger partial charge on any atom is -0.377 e. The highest BCUT2D eigenvalue weighted by Gasteiger charge is 2.34. The summed E-state index contributed by atoms with van der Waals surface area (Å²) in [7, 11) is 0. The minimum absolute atomic E-state index is 0.116. The number of hydrogen-bond acceptors (Lipinski definition) is 3. The minimum atomic E-state index is -0.178. The van der Waals surface area contributed by atoms with Crippen LogP contribution < -0.4 is 0 Å². The monoisotopic (exact) mass is 358 g/mol. The summed E-state index contributed by atoms with van der Waals surface area (Å²) in [6.07, 6.45) is 0. The van der Waals surface area contributed by atoms with E-state index in [1.165, 1.54) is 0 Å². The van der Waals surface area contributed by atoms with Gasteiger partial charge in [0, 0.05) is 28.7 Å². The SMILES string of the molecule is Cc1n[nH]c(C)c1C1COCCN1C(=O)c1[nH]c2ccccc2c1Cl. The number of halogens is 1. The first kappa shape index (κ1) is 16.2. The van der Waals surface area contributed by atoms with Gasteiger partial charge in [-0.05, 0) is 19.9 Å². The summed E-state index contributed by atoms with van der Waals surface area (Å²) in [6, 6.07) is 7.47. The van der Waals surface area contributed by atoms with Crippen molar-refractivity contribution < 1.29 is 9.53 Å². The van der Waals surface area contributed by atoms with Crippen LogP contribution in [0.25, 0.3) is 10.9 Å². The van der Waals surface area contributed by atoms with Gasteiger partial charge < -0.3 is 14.6 Å². The molecule has 1 amide bonds. The number of H-pyrrole nitrogens is 2. The summed E-state index contributed by atoms with van der Waals surface area (Å²) in [4.78, 5) is 18.2. The Balaban J connectivity index is 1.75. The number of aromatic nitrogens is 3. The molecule has 25 heavy (non-hydrogen) atoms. The van der Waals surface area contributed by atoms with E-state index in [-0.39, 0.29) is 11.9 Å². The number of nitrogens with zero attached hydrogens (tertiary/aromatic N) is 2. The van der Waals surface area contributed by atoms with Gasteiger partial charge in [-0.25, -0.2) is 0 Å². The largest absolute Gasteiger partial charge is 0.377 e. The molecule has 3 aromatic rings. The number of benzene rings is 1. The molecule has 1 atom stereocenters. The Hall–Kier alpha value is -2.31. The lowest BCUT2D eigenvalue weighted by Gasteiger charge is -2.35. The third-order valence-corrected chi connectivity index (χ3v) is 5.16. The van der Waals surface area contributed by atoms with Crippen molar-refractivity contribution in [2.45, 2.75) is 19.9 Å². The Labute approximate surface area is 150 Å². The van der Waals surface area contributed by atoms with Crippen molar-refractivity contribution in [1.82, 2.24) is 20.1 Å². The number of amides is 1. The fourth-order valence-electron chi connectivity index (χ4n) is 3.54. The summed E-state index contributed by atoms with van der Waals surface area (Å²) in [5, 5.41) is 8.57. The molecule has 130 valence electrons. The van der Waals surface area contributed by atoms with E-state index < -0.39 is 0 Å². The molecule has 7 heteroatoms. The number of nitrogens with one attached hydrogen (secondary N) is 2. The first-order valence-electron chi connectivity index (χ1n) is 8.24. The van der Waals surface area contributed by atoms with Crippen molar-refractivity contribution in [2.75, 3.05) is 19.8 Å². The van der Waals surface area contributed by atoms with Gasteiger partial charge in [-0.1, -0.05) is 29.8 Å². The number of hydrogen-bond donors (Lipinski definition) is 2. The number of aromatic amines is 2. The normalized spacial score (nSPS) is 18.0. The number of fused-ring (bicyclic) bond motifs is 1. The van der Waals surface area contributed by atoms with Gasteiger partial charge >= 0.3 is 0 Å². The summed E-state index contributed by atoms with van der Waals surface area (Å²) in [6.45, 7) is 5.37. The molecule has 0 spiro atoms. The van der Waals surface area contributed by atoms with E-state index in [1.54, 1.807) is 0 Å². The average molecular weight is 359 g/mol. The highest BCUT2D eigenvalue weighted by atomic mass is 35.5. The number of para-hydroxylation sites is 1. The van der Waals surface area contributed by atoms with Crippen LogP contribution in [0.2, 0.25) is 5.02 Å². The molecule has 0 bridgehead atoms. The maximum absolute atomic E-state index is 13.2. The second-order valence-electron chi connectivity index (χ2n) is 6.30. The van der Waals surface area contributed by atoms with E-state index in [1.807, 2.05) is 43.0 Å². The second kappa shape index (κ2) is 6.20. The van der Waals surface area contributed by atoms with E-state index >= 15 is 0 Å².